The first-order chi connectivity index (χ1) is 14.8. The van der Waals surface area contributed by atoms with Crippen molar-refractivity contribution in [2.24, 2.45) is 11.3 Å². The molecule has 5 atom stereocenters. The van der Waals surface area contributed by atoms with E-state index in [2.05, 4.69) is 10.6 Å². The summed E-state index contributed by atoms with van der Waals surface area (Å²) in [5.41, 5.74) is -0.572. The van der Waals surface area contributed by atoms with Crippen LogP contribution in [0.15, 0.2) is 0 Å². The van der Waals surface area contributed by atoms with Gasteiger partial charge in [-0.15, -0.1) is 11.6 Å². The number of carbonyl (C=O) groups is 2. The second kappa shape index (κ2) is 9.52. The minimum absolute atomic E-state index is 0.0637. The fourth-order valence-electron chi connectivity index (χ4n) is 6.13. The van der Waals surface area contributed by atoms with E-state index in [1.54, 1.807) is 0 Å². The van der Waals surface area contributed by atoms with Crippen molar-refractivity contribution in [2.75, 3.05) is 19.8 Å². The Bertz CT molecular complexity index is 656. The lowest BCUT2D eigenvalue weighted by atomic mass is 9.39. The van der Waals surface area contributed by atoms with E-state index in [1.807, 2.05) is 6.92 Å². The van der Waals surface area contributed by atoms with Gasteiger partial charge in [0.2, 0.25) is 11.8 Å². The summed E-state index contributed by atoms with van der Waals surface area (Å²) in [4.78, 5) is 25.1. The molecule has 5 fully saturated rings. The summed E-state index contributed by atoms with van der Waals surface area (Å²) in [5.74, 6) is 0.333. The minimum Gasteiger partial charge on any atom is -0.378 e. The van der Waals surface area contributed by atoms with Crippen LogP contribution in [-0.4, -0.2) is 60.9 Å². The second-order valence-electron chi connectivity index (χ2n) is 10.2. The van der Waals surface area contributed by atoms with Crippen molar-refractivity contribution < 1.29 is 23.5 Å². The number of hydrogen-bond donors (Lipinski definition) is 2. The standard InChI is InChI=1S/C23H36ClFN2O4/c1-2-30-19-6-4-3-5-15(19)10-26-21(29)22-12-23(13-22,14-22)27-20(28)11-31-16-7-8-17(24)18(25)9-16/h15-19H,2-14H2,1H3,(H,26,29)(H,27,28). The summed E-state index contributed by atoms with van der Waals surface area (Å²) in [5, 5.41) is 5.76. The number of ether oxygens (including phenoxy) is 2. The largest absolute Gasteiger partial charge is 0.378 e. The molecule has 5 saturated carbocycles. The third-order valence-corrected chi connectivity index (χ3v) is 8.25. The van der Waals surface area contributed by atoms with Gasteiger partial charge in [-0.05, 0) is 51.9 Å². The summed E-state index contributed by atoms with van der Waals surface area (Å²) in [6, 6.07) is 0. The van der Waals surface area contributed by atoms with Crippen LogP contribution >= 0.6 is 11.6 Å². The summed E-state index contributed by atoms with van der Waals surface area (Å²) < 4.78 is 25.2. The molecule has 0 radical (unpaired) electrons. The third kappa shape index (κ3) is 5.03. The van der Waals surface area contributed by atoms with Crippen LogP contribution in [0, 0.1) is 11.3 Å². The highest BCUT2D eigenvalue weighted by Gasteiger charge is 2.72. The van der Waals surface area contributed by atoms with Crippen LogP contribution in [-0.2, 0) is 19.1 Å². The second-order valence-corrected chi connectivity index (χ2v) is 10.7. The lowest BCUT2D eigenvalue weighted by Gasteiger charge is -2.69. The van der Waals surface area contributed by atoms with Crippen LogP contribution in [0.2, 0.25) is 0 Å². The zero-order valence-electron chi connectivity index (χ0n) is 18.5. The van der Waals surface area contributed by atoms with Crippen molar-refractivity contribution >= 4 is 23.4 Å². The van der Waals surface area contributed by atoms with Crippen molar-refractivity contribution in [2.45, 2.75) is 100 Å². The molecule has 2 N–H and O–H groups in total. The Morgan fingerprint density at radius 2 is 1.84 bits per heavy atom. The van der Waals surface area contributed by atoms with Crippen LogP contribution in [0.5, 0.6) is 0 Å². The lowest BCUT2D eigenvalue weighted by molar-refractivity contribution is -0.185. The number of hydrogen-bond acceptors (Lipinski definition) is 4. The van der Waals surface area contributed by atoms with Crippen molar-refractivity contribution in [1.29, 1.82) is 0 Å². The van der Waals surface area contributed by atoms with Gasteiger partial charge in [-0.3, -0.25) is 9.59 Å². The lowest BCUT2D eigenvalue weighted by Crippen LogP contribution is -2.78. The van der Waals surface area contributed by atoms with Gasteiger partial charge in [-0.25, -0.2) is 4.39 Å². The molecule has 0 aliphatic heterocycles. The van der Waals surface area contributed by atoms with Gasteiger partial charge >= 0.3 is 0 Å². The maximum Gasteiger partial charge on any atom is 0.246 e. The van der Waals surface area contributed by atoms with Gasteiger partial charge in [-0.2, -0.15) is 0 Å². The number of rotatable bonds is 9. The Hall–Kier alpha value is -0.920. The summed E-state index contributed by atoms with van der Waals surface area (Å²) in [6.45, 7) is 3.35. The van der Waals surface area contributed by atoms with Gasteiger partial charge in [-0.1, -0.05) is 12.8 Å². The normalized spacial score (nSPS) is 41.6. The topological polar surface area (TPSA) is 76.7 Å². The molecule has 0 aromatic carbocycles. The summed E-state index contributed by atoms with van der Waals surface area (Å²) in [7, 11) is 0. The highest BCUT2D eigenvalue weighted by atomic mass is 35.5. The molecule has 6 nitrogen and oxygen atoms in total. The SMILES string of the molecule is CCOC1CCCCC1CNC(=O)C12CC(NC(=O)COC3CCC(Cl)C(F)C3)(C1)C2. The van der Waals surface area contributed by atoms with E-state index in [9.17, 15) is 14.0 Å². The predicted octanol–water partition coefficient (Wildman–Crippen LogP) is 3.25. The molecule has 0 saturated heterocycles. The van der Waals surface area contributed by atoms with Gasteiger partial charge in [0.05, 0.1) is 23.0 Å². The number of halogens is 2. The van der Waals surface area contributed by atoms with Crippen LogP contribution in [0.1, 0.15) is 71.1 Å². The Kier molecular flexibility index (Phi) is 7.14. The molecule has 2 bridgehead atoms. The van der Waals surface area contributed by atoms with E-state index in [1.165, 1.54) is 12.8 Å². The zero-order valence-corrected chi connectivity index (χ0v) is 19.2. The highest BCUT2D eigenvalue weighted by Crippen LogP contribution is 2.67. The average Bonchev–Trinajstić information content (AvgIpc) is 2.70. The molecule has 2 amide bonds. The molecule has 0 heterocycles. The van der Waals surface area contributed by atoms with E-state index in [-0.39, 0.29) is 48.0 Å². The first-order valence-electron chi connectivity index (χ1n) is 12.0. The smallest absolute Gasteiger partial charge is 0.246 e. The molecule has 176 valence electrons. The van der Waals surface area contributed by atoms with E-state index < -0.39 is 11.5 Å². The Labute approximate surface area is 189 Å². The molecule has 0 spiro atoms. The zero-order chi connectivity index (χ0) is 22.1. The number of carbonyl (C=O) groups excluding carboxylic acids is 2. The van der Waals surface area contributed by atoms with Crippen molar-refractivity contribution in [3.05, 3.63) is 0 Å². The number of alkyl halides is 2. The average molecular weight is 459 g/mol. The fourth-order valence-corrected chi connectivity index (χ4v) is 6.36. The molecule has 31 heavy (non-hydrogen) atoms. The number of amides is 2. The Morgan fingerprint density at radius 3 is 2.55 bits per heavy atom. The van der Waals surface area contributed by atoms with Crippen molar-refractivity contribution in [3.63, 3.8) is 0 Å². The molecule has 8 heteroatoms. The molecule has 5 unspecified atom stereocenters. The highest BCUT2D eigenvalue weighted by molar-refractivity contribution is 6.21. The van der Waals surface area contributed by atoms with Crippen LogP contribution < -0.4 is 10.6 Å². The maximum atomic E-state index is 13.7. The first-order valence-corrected chi connectivity index (χ1v) is 12.4. The van der Waals surface area contributed by atoms with E-state index in [0.717, 1.165) is 12.8 Å². The molecular weight excluding hydrogens is 423 g/mol. The van der Waals surface area contributed by atoms with Crippen LogP contribution in [0.3, 0.4) is 0 Å². The van der Waals surface area contributed by atoms with E-state index in [4.69, 9.17) is 21.1 Å². The quantitative estimate of drug-likeness (QED) is 0.520. The summed E-state index contributed by atoms with van der Waals surface area (Å²) >= 11 is 5.89. The summed E-state index contributed by atoms with van der Waals surface area (Å²) in [6.07, 6.45) is 7.11. The van der Waals surface area contributed by atoms with Crippen LogP contribution in [0.25, 0.3) is 0 Å². The molecule has 0 aromatic heterocycles. The minimum atomic E-state index is -1.07. The van der Waals surface area contributed by atoms with Gasteiger partial charge in [0.15, 0.2) is 0 Å². The van der Waals surface area contributed by atoms with Gasteiger partial charge in [0.25, 0.3) is 0 Å². The van der Waals surface area contributed by atoms with Crippen molar-refractivity contribution in [3.8, 4) is 0 Å². The maximum absolute atomic E-state index is 13.7. The third-order valence-electron chi connectivity index (χ3n) is 7.76. The molecule has 5 aliphatic carbocycles. The predicted molar refractivity (Wildman–Crippen MR) is 116 cm³/mol. The monoisotopic (exact) mass is 458 g/mol. The van der Waals surface area contributed by atoms with E-state index in [0.29, 0.717) is 51.2 Å². The molecule has 5 aliphatic rings. The fraction of sp³-hybridized carbons (Fsp3) is 0.913. The Morgan fingerprint density at radius 1 is 1.10 bits per heavy atom. The molecular formula is C23H36ClFN2O4. The van der Waals surface area contributed by atoms with Gasteiger partial charge in [0, 0.05) is 31.0 Å². The molecule has 5 rings (SSSR count). The Balaban J connectivity index is 1.15. The number of nitrogens with one attached hydrogen (secondary N) is 2. The van der Waals surface area contributed by atoms with Gasteiger partial charge in [0.1, 0.15) is 12.8 Å². The van der Waals surface area contributed by atoms with E-state index >= 15 is 0 Å². The first kappa shape index (κ1) is 23.2. The molecule has 0 aromatic rings. The van der Waals surface area contributed by atoms with Gasteiger partial charge < -0.3 is 20.1 Å². The van der Waals surface area contributed by atoms with Crippen LogP contribution in [0.4, 0.5) is 4.39 Å². The van der Waals surface area contributed by atoms with Crippen molar-refractivity contribution in [1.82, 2.24) is 10.6 Å².